The molecule has 8 heteroatoms. The summed E-state index contributed by atoms with van der Waals surface area (Å²) in [6.07, 6.45) is -0.511. The van der Waals surface area contributed by atoms with Gasteiger partial charge in [-0.3, -0.25) is 0 Å². The minimum absolute atomic E-state index is 0.216. The zero-order chi connectivity index (χ0) is 19.4. The monoisotopic (exact) mass is 388 g/mol. The van der Waals surface area contributed by atoms with Crippen LogP contribution in [0.4, 0.5) is 0 Å². The lowest BCUT2D eigenvalue weighted by atomic mass is 9.98. The standard InChI is InChI=1S/C18H29O7P/c1-6-22-17(19)15-11-9-14(10-12-15)16(18(20-4)21-5)13-25-26(23-7-2)24-8-3/h9-12,16,18H,6-8,13H2,1-5H3. The van der Waals surface area contributed by atoms with Crippen molar-refractivity contribution in [2.24, 2.45) is 0 Å². The predicted octanol–water partition coefficient (Wildman–Crippen LogP) is 3.88. The first-order valence-corrected chi connectivity index (χ1v) is 9.72. The summed E-state index contributed by atoms with van der Waals surface area (Å²) >= 11 is 0. The van der Waals surface area contributed by atoms with Gasteiger partial charge in [-0.2, -0.15) is 0 Å². The van der Waals surface area contributed by atoms with Crippen LogP contribution < -0.4 is 0 Å². The van der Waals surface area contributed by atoms with E-state index in [1.807, 2.05) is 26.0 Å². The molecule has 0 N–H and O–H groups in total. The molecule has 1 rings (SSSR count). The van der Waals surface area contributed by atoms with Gasteiger partial charge in [0.05, 0.1) is 37.9 Å². The maximum atomic E-state index is 11.8. The Balaban J connectivity index is 2.90. The third-order valence-electron chi connectivity index (χ3n) is 3.47. The minimum Gasteiger partial charge on any atom is -0.462 e. The molecule has 0 amide bonds. The highest BCUT2D eigenvalue weighted by Crippen LogP contribution is 2.41. The van der Waals surface area contributed by atoms with Crippen LogP contribution >= 0.6 is 8.60 Å². The Morgan fingerprint density at radius 1 is 0.923 bits per heavy atom. The first kappa shape index (κ1) is 23.0. The van der Waals surface area contributed by atoms with Crippen LogP contribution in [-0.4, -0.2) is 52.9 Å². The fraction of sp³-hybridized carbons (Fsp3) is 0.611. The highest BCUT2D eigenvalue weighted by Gasteiger charge is 2.26. The van der Waals surface area contributed by atoms with Crippen molar-refractivity contribution in [3.05, 3.63) is 35.4 Å². The molecule has 0 saturated heterocycles. The summed E-state index contributed by atoms with van der Waals surface area (Å²) in [5.74, 6) is -0.565. The second-order valence-corrected chi connectivity index (χ2v) is 6.37. The summed E-state index contributed by atoms with van der Waals surface area (Å²) in [4.78, 5) is 11.8. The van der Waals surface area contributed by atoms with Crippen molar-refractivity contribution >= 4 is 14.6 Å². The molecule has 1 aromatic rings. The van der Waals surface area contributed by atoms with Crippen LogP contribution in [0.2, 0.25) is 0 Å². The maximum Gasteiger partial charge on any atom is 0.338 e. The molecule has 0 aliphatic heterocycles. The largest absolute Gasteiger partial charge is 0.462 e. The lowest BCUT2D eigenvalue weighted by Gasteiger charge is -2.26. The zero-order valence-corrected chi connectivity index (χ0v) is 17.0. The molecule has 0 saturated carbocycles. The summed E-state index contributed by atoms with van der Waals surface area (Å²) < 4.78 is 32.6. The van der Waals surface area contributed by atoms with E-state index in [0.717, 1.165) is 5.56 Å². The molecule has 7 nitrogen and oxygen atoms in total. The molecule has 0 heterocycles. The van der Waals surface area contributed by atoms with Gasteiger partial charge >= 0.3 is 14.6 Å². The van der Waals surface area contributed by atoms with E-state index in [1.54, 1.807) is 33.3 Å². The number of rotatable bonds is 13. The molecular formula is C18H29O7P. The van der Waals surface area contributed by atoms with Gasteiger partial charge in [0.1, 0.15) is 0 Å². The number of ether oxygens (including phenoxy) is 3. The summed E-state index contributed by atoms with van der Waals surface area (Å²) in [5.41, 5.74) is 1.40. The van der Waals surface area contributed by atoms with Crippen molar-refractivity contribution in [3.8, 4) is 0 Å². The lowest BCUT2D eigenvalue weighted by molar-refractivity contribution is -0.124. The molecule has 0 aromatic heterocycles. The van der Waals surface area contributed by atoms with Crippen LogP contribution in [0.15, 0.2) is 24.3 Å². The molecule has 0 fully saturated rings. The van der Waals surface area contributed by atoms with E-state index in [-0.39, 0.29) is 18.5 Å². The smallest absolute Gasteiger partial charge is 0.338 e. The van der Waals surface area contributed by atoms with E-state index >= 15 is 0 Å². The van der Waals surface area contributed by atoms with E-state index < -0.39 is 14.9 Å². The molecule has 26 heavy (non-hydrogen) atoms. The molecule has 148 valence electrons. The average Bonchev–Trinajstić information content (AvgIpc) is 2.65. The zero-order valence-electron chi connectivity index (χ0n) is 16.1. The Labute approximate surface area is 156 Å². The number of hydrogen-bond donors (Lipinski definition) is 0. The fourth-order valence-electron chi connectivity index (χ4n) is 2.30. The predicted molar refractivity (Wildman–Crippen MR) is 99.1 cm³/mol. The van der Waals surface area contributed by atoms with Crippen LogP contribution in [0, 0.1) is 0 Å². The quantitative estimate of drug-likeness (QED) is 0.288. The van der Waals surface area contributed by atoms with Gasteiger partial charge in [-0.1, -0.05) is 12.1 Å². The molecule has 1 aromatic carbocycles. The summed E-state index contributed by atoms with van der Waals surface area (Å²) in [6, 6.07) is 7.12. The van der Waals surface area contributed by atoms with Gasteiger partial charge in [0, 0.05) is 14.2 Å². The van der Waals surface area contributed by atoms with Crippen molar-refractivity contribution < 1.29 is 32.6 Å². The molecule has 0 bridgehead atoms. The first-order chi connectivity index (χ1) is 12.6. The van der Waals surface area contributed by atoms with E-state index in [0.29, 0.717) is 25.4 Å². The van der Waals surface area contributed by atoms with Crippen molar-refractivity contribution in [1.82, 2.24) is 0 Å². The molecule has 0 aliphatic rings. The van der Waals surface area contributed by atoms with Gasteiger partial charge in [-0.25, -0.2) is 4.79 Å². The van der Waals surface area contributed by atoms with Crippen molar-refractivity contribution in [2.75, 3.05) is 40.6 Å². The lowest BCUT2D eigenvalue weighted by Crippen LogP contribution is -2.26. The van der Waals surface area contributed by atoms with Crippen molar-refractivity contribution in [2.45, 2.75) is 33.0 Å². The van der Waals surface area contributed by atoms with Gasteiger partial charge in [0.25, 0.3) is 0 Å². The third-order valence-corrected chi connectivity index (χ3v) is 4.77. The van der Waals surface area contributed by atoms with E-state index in [2.05, 4.69) is 0 Å². The average molecular weight is 388 g/mol. The number of benzene rings is 1. The number of methoxy groups -OCH3 is 2. The Morgan fingerprint density at radius 3 is 1.96 bits per heavy atom. The Kier molecular flexibility index (Phi) is 11.6. The third kappa shape index (κ3) is 7.27. The normalized spacial score (nSPS) is 12.6. The second-order valence-electron chi connectivity index (χ2n) is 5.14. The summed E-state index contributed by atoms with van der Waals surface area (Å²) in [5, 5.41) is 0. The number of hydrogen-bond acceptors (Lipinski definition) is 7. The Morgan fingerprint density at radius 2 is 1.50 bits per heavy atom. The van der Waals surface area contributed by atoms with E-state index in [1.165, 1.54) is 0 Å². The number of esters is 1. The molecule has 1 atom stereocenters. The van der Waals surface area contributed by atoms with Crippen molar-refractivity contribution in [3.63, 3.8) is 0 Å². The van der Waals surface area contributed by atoms with Crippen LogP contribution in [0.3, 0.4) is 0 Å². The summed E-state index contributed by atoms with van der Waals surface area (Å²) in [6.45, 7) is 7.18. The van der Waals surface area contributed by atoms with Crippen LogP contribution in [0.1, 0.15) is 42.6 Å². The Hall–Kier alpha value is -1.08. The molecule has 0 spiro atoms. The maximum absolute atomic E-state index is 11.8. The van der Waals surface area contributed by atoms with E-state index in [9.17, 15) is 4.79 Å². The van der Waals surface area contributed by atoms with Crippen LogP contribution in [0.5, 0.6) is 0 Å². The molecule has 0 radical (unpaired) electrons. The fourth-order valence-corrected chi connectivity index (χ4v) is 3.23. The second kappa shape index (κ2) is 13.1. The van der Waals surface area contributed by atoms with Gasteiger partial charge in [-0.05, 0) is 38.5 Å². The topological polar surface area (TPSA) is 72.5 Å². The summed E-state index contributed by atoms with van der Waals surface area (Å²) in [7, 11) is 1.72. The highest BCUT2D eigenvalue weighted by molar-refractivity contribution is 7.41. The number of carbonyl (C=O) groups is 1. The molecule has 1 unspecified atom stereocenters. The Bertz CT molecular complexity index is 499. The minimum atomic E-state index is -1.43. The first-order valence-electron chi connectivity index (χ1n) is 8.62. The van der Waals surface area contributed by atoms with Gasteiger partial charge < -0.3 is 27.8 Å². The van der Waals surface area contributed by atoms with E-state index in [4.69, 9.17) is 27.8 Å². The van der Waals surface area contributed by atoms with Crippen molar-refractivity contribution in [1.29, 1.82) is 0 Å². The highest BCUT2D eigenvalue weighted by atomic mass is 31.2. The van der Waals surface area contributed by atoms with Crippen LogP contribution in [0.25, 0.3) is 0 Å². The SMILES string of the molecule is CCOC(=O)c1ccc(C(COP(OCC)OCC)C(OC)OC)cc1. The van der Waals surface area contributed by atoms with Crippen LogP contribution in [-0.2, 0) is 27.8 Å². The number of carbonyl (C=O) groups excluding carboxylic acids is 1. The van der Waals surface area contributed by atoms with Gasteiger partial charge in [-0.15, -0.1) is 0 Å². The molecular weight excluding hydrogens is 359 g/mol. The molecule has 0 aliphatic carbocycles. The van der Waals surface area contributed by atoms with Gasteiger partial charge in [0.2, 0.25) is 0 Å². The van der Waals surface area contributed by atoms with Gasteiger partial charge in [0.15, 0.2) is 6.29 Å².